The van der Waals surface area contributed by atoms with Crippen LogP contribution in [0.3, 0.4) is 0 Å². The van der Waals surface area contributed by atoms with Crippen LogP contribution in [0, 0.1) is 23.7 Å². The van der Waals surface area contributed by atoms with Gasteiger partial charge in [0, 0.05) is 38.0 Å². The molecule has 1 aliphatic carbocycles. The van der Waals surface area contributed by atoms with E-state index in [9.17, 15) is 4.79 Å². The Morgan fingerprint density at radius 3 is 2.76 bits per heavy atom. The third kappa shape index (κ3) is 4.10. The number of hydrogen-bond acceptors (Lipinski definition) is 6. The van der Waals surface area contributed by atoms with E-state index in [1.54, 1.807) is 6.26 Å². The lowest BCUT2D eigenvalue weighted by Crippen LogP contribution is -2.59. The first-order valence-electron chi connectivity index (χ1n) is 11.5. The molecule has 3 saturated heterocycles. The Morgan fingerprint density at radius 2 is 1.93 bits per heavy atom. The lowest BCUT2D eigenvalue weighted by molar-refractivity contribution is -0.130. The first-order valence-corrected chi connectivity index (χ1v) is 11.5. The highest BCUT2D eigenvalue weighted by Gasteiger charge is 2.45. The van der Waals surface area contributed by atoms with Crippen molar-refractivity contribution in [2.24, 2.45) is 23.7 Å². The van der Waals surface area contributed by atoms with Crippen molar-refractivity contribution in [2.45, 2.75) is 50.4 Å². The topological polar surface area (TPSA) is 90.4 Å². The summed E-state index contributed by atoms with van der Waals surface area (Å²) in [7, 11) is 0. The van der Waals surface area contributed by atoms with Gasteiger partial charge in [-0.25, -0.2) is 0 Å². The van der Waals surface area contributed by atoms with Gasteiger partial charge < -0.3 is 25.7 Å². The molecule has 29 heavy (non-hydrogen) atoms. The molecule has 0 bridgehead atoms. The second-order valence-electron chi connectivity index (χ2n) is 9.39. The van der Waals surface area contributed by atoms with Crippen LogP contribution in [0.1, 0.15) is 43.6 Å². The molecule has 5 N–H and O–H groups in total. The van der Waals surface area contributed by atoms with E-state index in [4.69, 9.17) is 4.42 Å². The highest BCUT2D eigenvalue weighted by molar-refractivity contribution is 5.79. The van der Waals surface area contributed by atoms with Crippen LogP contribution in [0.5, 0.6) is 0 Å². The molecule has 1 saturated carbocycles. The predicted octanol–water partition coefficient (Wildman–Crippen LogP) is 0.960. The number of piperidine rings is 1. The summed E-state index contributed by atoms with van der Waals surface area (Å²) in [4.78, 5) is 13.2. The van der Waals surface area contributed by atoms with Gasteiger partial charge in [-0.05, 0) is 55.2 Å². The van der Waals surface area contributed by atoms with Crippen LogP contribution in [-0.2, 0) is 4.79 Å². The van der Waals surface area contributed by atoms with E-state index in [1.807, 2.05) is 6.26 Å². The average Bonchev–Trinajstić information content (AvgIpc) is 3.43. The zero-order valence-corrected chi connectivity index (χ0v) is 17.2. The Kier molecular flexibility index (Phi) is 5.90. The van der Waals surface area contributed by atoms with E-state index in [2.05, 4.69) is 32.7 Å². The maximum absolute atomic E-state index is 13.2. The number of fused-ring (bicyclic) bond motifs is 1. The molecule has 160 valence electrons. The van der Waals surface area contributed by atoms with Gasteiger partial charge in [0.25, 0.3) is 0 Å². The predicted molar refractivity (Wildman–Crippen MR) is 111 cm³/mol. The van der Waals surface area contributed by atoms with Crippen LogP contribution >= 0.6 is 0 Å². The second-order valence-corrected chi connectivity index (χ2v) is 9.39. The van der Waals surface area contributed by atoms with Crippen LogP contribution in [0.15, 0.2) is 23.0 Å². The molecule has 7 unspecified atom stereocenters. The van der Waals surface area contributed by atoms with E-state index in [0.29, 0.717) is 29.8 Å². The Hall–Kier alpha value is -1.41. The maximum Gasteiger partial charge on any atom is 0.224 e. The van der Waals surface area contributed by atoms with Crippen molar-refractivity contribution in [3.05, 3.63) is 24.2 Å². The van der Waals surface area contributed by atoms with E-state index >= 15 is 0 Å². The van der Waals surface area contributed by atoms with E-state index in [1.165, 1.54) is 31.2 Å². The molecule has 1 aromatic heterocycles. The zero-order valence-electron chi connectivity index (χ0n) is 17.2. The molecule has 4 fully saturated rings. The summed E-state index contributed by atoms with van der Waals surface area (Å²) in [5, 5.41) is 17.5. The number of carbonyl (C=O) groups excluding carboxylic acids is 1. The third-order valence-corrected chi connectivity index (χ3v) is 7.77. The standard InChI is InChI=1S/C22H35N5O2/c28-22(27-20-12-23-6-7-24-20)17-4-2-1-3-16(17)15-9-18-19(14-5-8-29-13-14)11-26-21(18)25-10-15/h5,8,13,15-21,23-26H,1-4,6-7,9-12H2,(H,27,28). The third-order valence-electron chi connectivity index (χ3n) is 7.77. The molecule has 1 amide bonds. The fourth-order valence-electron chi connectivity index (χ4n) is 6.28. The first-order chi connectivity index (χ1) is 14.3. The van der Waals surface area contributed by atoms with Gasteiger partial charge in [0.2, 0.25) is 5.91 Å². The van der Waals surface area contributed by atoms with Crippen molar-refractivity contribution in [1.82, 2.24) is 26.6 Å². The van der Waals surface area contributed by atoms with Gasteiger partial charge in [-0.15, -0.1) is 0 Å². The minimum absolute atomic E-state index is 0.0668. The lowest BCUT2D eigenvalue weighted by atomic mass is 9.67. The Balaban J connectivity index is 1.26. The molecular formula is C22H35N5O2. The van der Waals surface area contributed by atoms with Crippen molar-refractivity contribution in [3.8, 4) is 0 Å². The van der Waals surface area contributed by atoms with Crippen molar-refractivity contribution >= 4 is 5.91 Å². The van der Waals surface area contributed by atoms with Crippen molar-refractivity contribution in [3.63, 3.8) is 0 Å². The van der Waals surface area contributed by atoms with E-state index in [0.717, 1.165) is 39.1 Å². The SMILES string of the molecule is O=C(NC1CNCCN1)C1CCCCC1C1CNC2NCC(c3ccoc3)C2C1. The fraction of sp³-hybridized carbons (Fsp3) is 0.773. The number of furan rings is 1. The fourth-order valence-corrected chi connectivity index (χ4v) is 6.28. The summed E-state index contributed by atoms with van der Waals surface area (Å²) in [6, 6.07) is 2.11. The maximum atomic E-state index is 13.2. The summed E-state index contributed by atoms with van der Waals surface area (Å²) in [5.74, 6) is 2.54. The number of hydrogen-bond donors (Lipinski definition) is 5. The molecule has 3 aliphatic heterocycles. The smallest absolute Gasteiger partial charge is 0.224 e. The summed E-state index contributed by atoms with van der Waals surface area (Å²) < 4.78 is 5.36. The number of rotatable bonds is 4. The molecular weight excluding hydrogens is 366 g/mol. The van der Waals surface area contributed by atoms with E-state index in [-0.39, 0.29) is 18.0 Å². The van der Waals surface area contributed by atoms with Gasteiger partial charge in [0.15, 0.2) is 0 Å². The highest BCUT2D eigenvalue weighted by atomic mass is 16.3. The normalized spacial score (nSPS) is 40.3. The Labute approximate surface area is 173 Å². The lowest BCUT2D eigenvalue weighted by Gasteiger charge is -2.43. The molecule has 0 aromatic carbocycles. The Bertz CT molecular complexity index is 675. The molecule has 7 heteroatoms. The molecule has 4 heterocycles. The van der Waals surface area contributed by atoms with Gasteiger partial charge in [-0.2, -0.15) is 0 Å². The zero-order chi connectivity index (χ0) is 19.6. The number of piperazine rings is 1. The van der Waals surface area contributed by atoms with Crippen LogP contribution in [0.2, 0.25) is 0 Å². The second kappa shape index (κ2) is 8.76. The molecule has 4 aliphatic rings. The molecule has 1 aromatic rings. The van der Waals surface area contributed by atoms with Crippen LogP contribution < -0.4 is 26.6 Å². The molecule has 5 rings (SSSR count). The van der Waals surface area contributed by atoms with Gasteiger partial charge in [0.05, 0.1) is 24.9 Å². The monoisotopic (exact) mass is 401 g/mol. The van der Waals surface area contributed by atoms with E-state index < -0.39 is 0 Å². The minimum atomic E-state index is 0.0668. The van der Waals surface area contributed by atoms with Gasteiger partial charge in [-0.1, -0.05) is 12.8 Å². The van der Waals surface area contributed by atoms with Gasteiger partial charge in [-0.3, -0.25) is 10.1 Å². The molecule has 7 nitrogen and oxygen atoms in total. The Morgan fingerprint density at radius 1 is 1.03 bits per heavy atom. The summed E-state index contributed by atoms with van der Waals surface area (Å²) in [6.07, 6.45) is 9.98. The largest absolute Gasteiger partial charge is 0.472 e. The van der Waals surface area contributed by atoms with Crippen molar-refractivity contribution in [1.29, 1.82) is 0 Å². The summed E-state index contributed by atoms with van der Waals surface area (Å²) >= 11 is 0. The summed E-state index contributed by atoms with van der Waals surface area (Å²) in [5.41, 5.74) is 1.31. The van der Waals surface area contributed by atoms with Gasteiger partial charge in [0.1, 0.15) is 0 Å². The molecule has 7 atom stereocenters. The minimum Gasteiger partial charge on any atom is -0.472 e. The highest BCUT2D eigenvalue weighted by Crippen LogP contribution is 2.44. The summed E-state index contributed by atoms with van der Waals surface area (Å²) in [6.45, 7) is 4.72. The van der Waals surface area contributed by atoms with Crippen molar-refractivity contribution in [2.75, 3.05) is 32.7 Å². The number of carbonyl (C=O) groups is 1. The van der Waals surface area contributed by atoms with Crippen LogP contribution in [0.4, 0.5) is 0 Å². The number of amides is 1. The molecule has 0 radical (unpaired) electrons. The number of nitrogens with one attached hydrogen (secondary N) is 5. The quantitative estimate of drug-likeness (QED) is 0.516. The average molecular weight is 402 g/mol. The van der Waals surface area contributed by atoms with Crippen molar-refractivity contribution < 1.29 is 9.21 Å². The van der Waals surface area contributed by atoms with Crippen LogP contribution in [0.25, 0.3) is 0 Å². The van der Waals surface area contributed by atoms with Crippen LogP contribution in [-0.4, -0.2) is 51.0 Å². The first kappa shape index (κ1) is 19.5. The molecule has 0 spiro atoms. The van der Waals surface area contributed by atoms with Gasteiger partial charge >= 0.3 is 0 Å².